The van der Waals surface area contributed by atoms with Gasteiger partial charge in [0.25, 0.3) is 0 Å². The van der Waals surface area contributed by atoms with Gasteiger partial charge in [0.2, 0.25) is 0 Å². The van der Waals surface area contributed by atoms with Crippen molar-refractivity contribution in [3.8, 4) is 61.6 Å². The molecule has 5 heteroatoms. The van der Waals surface area contributed by atoms with Crippen molar-refractivity contribution in [1.82, 2.24) is 13.7 Å². The van der Waals surface area contributed by atoms with Crippen molar-refractivity contribution in [3.05, 3.63) is 285 Å². The number of para-hydroxylation sites is 3. The van der Waals surface area contributed by atoms with Crippen LogP contribution in [-0.2, 0) is 0 Å². The van der Waals surface area contributed by atoms with E-state index in [4.69, 9.17) is 4.42 Å². The summed E-state index contributed by atoms with van der Waals surface area (Å²) in [5.41, 5.74) is 21.5. The molecule has 0 radical (unpaired) electrons. The van der Waals surface area contributed by atoms with Gasteiger partial charge in [-0.25, -0.2) is 0 Å². The Morgan fingerprint density at radius 3 is 1.16 bits per heavy atom. The molecule has 5 aromatic heterocycles. The van der Waals surface area contributed by atoms with E-state index < -0.39 is 0 Å². The highest BCUT2D eigenvalue weighted by Crippen LogP contribution is 2.45. The number of aromatic nitrogens is 3. The molecule has 0 aliphatic heterocycles. The van der Waals surface area contributed by atoms with Crippen LogP contribution in [0.15, 0.2) is 290 Å². The summed E-state index contributed by atoms with van der Waals surface area (Å²) in [6.45, 7) is 0. The molecular formula is C78H47N3OS. The molecule has 0 amide bonds. The van der Waals surface area contributed by atoms with Gasteiger partial charge in [-0.15, -0.1) is 11.3 Å². The van der Waals surface area contributed by atoms with Crippen LogP contribution < -0.4 is 0 Å². The molecular weight excluding hydrogens is 1030 g/mol. The van der Waals surface area contributed by atoms with E-state index in [-0.39, 0.29) is 0 Å². The van der Waals surface area contributed by atoms with Crippen molar-refractivity contribution in [3.63, 3.8) is 0 Å². The van der Waals surface area contributed by atoms with Gasteiger partial charge in [-0.2, -0.15) is 0 Å². The summed E-state index contributed by atoms with van der Waals surface area (Å²) >= 11 is 1.87. The average Bonchev–Trinajstić information content (AvgIpc) is 4.20. The zero-order valence-corrected chi connectivity index (χ0v) is 45.6. The summed E-state index contributed by atoms with van der Waals surface area (Å²) < 4.78 is 16.6. The van der Waals surface area contributed by atoms with E-state index in [0.29, 0.717) is 0 Å². The van der Waals surface area contributed by atoms with E-state index in [9.17, 15) is 0 Å². The maximum Gasteiger partial charge on any atom is 0.135 e. The highest BCUT2D eigenvalue weighted by atomic mass is 32.1. The minimum atomic E-state index is 0.871. The molecule has 0 bridgehead atoms. The van der Waals surface area contributed by atoms with Crippen LogP contribution in [0.1, 0.15) is 0 Å². The van der Waals surface area contributed by atoms with Gasteiger partial charge in [0.05, 0.1) is 33.1 Å². The maximum absolute atomic E-state index is 6.65. The van der Waals surface area contributed by atoms with Crippen LogP contribution >= 0.6 is 11.3 Å². The zero-order valence-electron chi connectivity index (χ0n) is 44.8. The lowest BCUT2D eigenvalue weighted by molar-refractivity contribution is 0.669. The second-order valence-corrected chi connectivity index (χ2v) is 23.1. The fourth-order valence-corrected chi connectivity index (χ4v) is 14.7. The fraction of sp³-hybridized carbons (Fsp3) is 0. The highest BCUT2D eigenvalue weighted by Gasteiger charge is 2.22. The Balaban J connectivity index is 0.821. The molecule has 0 aliphatic rings. The number of hydrogen-bond acceptors (Lipinski definition) is 2. The maximum atomic E-state index is 6.65. The predicted octanol–water partition coefficient (Wildman–Crippen LogP) is 21.9. The molecule has 0 atom stereocenters. The lowest BCUT2D eigenvalue weighted by Gasteiger charge is -2.14. The number of nitrogens with zero attached hydrogens (tertiary/aromatic N) is 3. The first-order valence-electron chi connectivity index (χ1n) is 28.4. The van der Waals surface area contributed by atoms with Crippen molar-refractivity contribution in [2.75, 3.05) is 0 Å². The highest BCUT2D eigenvalue weighted by molar-refractivity contribution is 7.25. The van der Waals surface area contributed by atoms with Gasteiger partial charge in [0.15, 0.2) is 0 Å². The normalized spacial score (nSPS) is 12.1. The van der Waals surface area contributed by atoms with Gasteiger partial charge in [-0.05, 0) is 172 Å². The SMILES string of the molecule is c1ccc(-c2cc(-c3ccccc3)cc(-n3c4ccc(-c5ccc6oc7ccc(-c8ccc9c(c8)c8cc%10sc%11ccccc%11c%10cc8n9-c8ccccc8)cc7c6c5)cc4c4cc5c(cc43)c3ccccc3n5-c3ccccc3)c2)cc1. The molecule has 0 fully saturated rings. The molecule has 13 aromatic carbocycles. The lowest BCUT2D eigenvalue weighted by Crippen LogP contribution is -1.96. The number of thiophene rings is 1. The van der Waals surface area contributed by atoms with Crippen LogP contribution in [0, 0.1) is 0 Å². The van der Waals surface area contributed by atoms with Gasteiger partial charge in [-0.3, -0.25) is 0 Å². The smallest absolute Gasteiger partial charge is 0.135 e. The second-order valence-electron chi connectivity index (χ2n) is 22.0. The van der Waals surface area contributed by atoms with E-state index in [1.54, 1.807) is 0 Å². The summed E-state index contributed by atoms with van der Waals surface area (Å²) in [6.07, 6.45) is 0. The molecule has 0 spiro atoms. The van der Waals surface area contributed by atoms with Gasteiger partial charge in [0.1, 0.15) is 11.2 Å². The van der Waals surface area contributed by atoms with Gasteiger partial charge < -0.3 is 18.1 Å². The van der Waals surface area contributed by atoms with Crippen LogP contribution in [0.2, 0.25) is 0 Å². The summed E-state index contributed by atoms with van der Waals surface area (Å²) in [5, 5.41) is 12.1. The first-order chi connectivity index (χ1) is 41.1. The molecule has 0 unspecified atom stereocenters. The van der Waals surface area contributed by atoms with Crippen LogP contribution in [-0.4, -0.2) is 13.7 Å². The van der Waals surface area contributed by atoms with Gasteiger partial charge >= 0.3 is 0 Å². The first-order valence-corrected chi connectivity index (χ1v) is 29.2. The van der Waals surface area contributed by atoms with Crippen molar-refractivity contribution in [2.45, 2.75) is 0 Å². The quantitative estimate of drug-likeness (QED) is 0.156. The molecule has 4 nitrogen and oxygen atoms in total. The third-order valence-corrected chi connectivity index (χ3v) is 18.5. The van der Waals surface area contributed by atoms with Gasteiger partial charge in [-0.1, -0.05) is 158 Å². The van der Waals surface area contributed by atoms with E-state index >= 15 is 0 Å². The van der Waals surface area contributed by atoms with Crippen LogP contribution in [0.4, 0.5) is 0 Å². The third kappa shape index (κ3) is 7.12. The molecule has 0 N–H and O–H groups in total. The largest absolute Gasteiger partial charge is 0.456 e. The first kappa shape index (κ1) is 46.1. The van der Waals surface area contributed by atoms with E-state index in [1.807, 2.05) is 11.3 Å². The van der Waals surface area contributed by atoms with Crippen molar-refractivity contribution in [1.29, 1.82) is 0 Å². The zero-order chi connectivity index (χ0) is 54.3. The Labute approximate surface area is 480 Å². The molecule has 0 saturated carbocycles. The van der Waals surface area contributed by atoms with E-state index in [1.165, 1.54) is 102 Å². The molecule has 0 saturated heterocycles. The number of fused-ring (bicyclic) bond motifs is 15. The Bertz CT molecular complexity index is 5610. The minimum Gasteiger partial charge on any atom is -0.456 e. The standard InChI is InChI=1S/C78H47N3OS/c1-5-17-48(18-6-1)54-37-55(49-19-7-2-8-20-49)39-58(38-54)81-71-34-30-50(40-61(71)64-45-72-63(44-73(64)81)59-25-13-15-27-69(59)79(72)56-21-9-3-10-22-56)52-31-35-75-66(42-52)67-43-53(32-36-76(67)82-75)51-29-33-70-62(41-51)65-47-78-68(60-26-14-16-28-77(60)83-78)46-74(65)80(70)57-23-11-4-12-24-57/h1-47H. The molecule has 5 heterocycles. The summed E-state index contributed by atoms with van der Waals surface area (Å²) in [6, 6.07) is 105. The molecule has 386 valence electrons. The lowest BCUT2D eigenvalue weighted by atomic mass is 9.98. The average molecular weight is 1070 g/mol. The van der Waals surface area contributed by atoms with Gasteiger partial charge in [0, 0.05) is 80.3 Å². The topological polar surface area (TPSA) is 27.9 Å². The van der Waals surface area contributed by atoms with Crippen molar-refractivity contribution in [2.24, 2.45) is 0 Å². The van der Waals surface area contributed by atoms with Crippen LogP contribution in [0.5, 0.6) is 0 Å². The number of hydrogen-bond donors (Lipinski definition) is 0. The molecule has 0 aliphatic carbocycles. The third-order valence-electron chi connectivity index (χ3n) is 17.4. The molecule has 18 rings (SSSR count). The number of rotatable bonds is 7. The summed E-state index contributed by atoms with van der Waals surface area (Å²) in [7, 11) is 0. The summed E-state index contributed by atoms with van der Waals surface area (Å²) in [5.74, 6) is 0. The van der Waals surface area contributed by atoms with Crippen molar-refractivity contribution < 1.29 is 4.42 Å². The monoisotopic (exact) mass is 1070 g/mol. The minimum absolute atomic E-state index is 0.871. The molecule has 18 aromatic rings. The summed E-state index contributed by atoms with van der Waals surface area (Å²) in [4.78, 5) is 0. The Morgan fingerprint density at radius 2 is 0.602 bits per heavy atom. The Morgan fingerprint density at radius 1 is 0.205 bits per heavy atom. The number of furan rings is 1. The van der Waals surface area contributed by atoms with E-state index in [2.05, 4.69) is 299 Å². The predicted molar refractivity (Wildman–Crippen MR) is 351 cm³/mol. The second kappa shape index (κ2) is 17.9. The van der Waals surface area contributed by atoms with Crippen molar-refractivity contribution >= 4 is 119 Å². The molecule has 83 heavy (non-hydrogen) atoms. The Hall–Kier alpha value is -10.7. The number of benzene rings is 13. The van der Waals surface area contributed by atoms with E-state index in [0.717, 1.165) is 66.7 Å². The van der Waals surface area contributed by atoms with Crippen LogP contribution in [0.25, 0.3) is 169 Å². The van der Waals surface area contributed by atoms with Crippen LogP contribution in [0.3, 0.4) is 0 Å². The fourth-order valence-electron chi connectivity index (χ4n) is 13.5. The Kier molecular flexibility index (Phi) is 9.93.